The minimum atomic E-state index is -0.959. The van der Waals surface area contributed by atoms with Crippen LogP contribution in [0.4, 0.5) is 4.39 Å². The Kier molecular flexibility index (Phi) is 8.63. The molecule has 0 unspecified atom stereocenters. The van der Waals surface area contributed by atoms with Crippen molar-refractivity contribution < 1.29 is 23.8 Å². The first kappa shape index (κ1) is 28.0. The number of carboxylic acids is 1. The van der Waals surface area contributed by atoms with Gasteiger partial charge in [0.1, 0.15) is 18.2 Å². The van der Waals surface area contributed by atoms with Crippen LogP contribution in [0.15, 0.2) is 54.6 Å². The van der Waals surface area contributed by atoms with E-state index in [9.17, 15) is 14.3 Å². The molecule has 1 aliphatic rings. The number of ether oxygens (including phenoxy) is 2. The normalized spacial score (nSPS) is 17.8. The predicted octanol–water partition coefficient (Wildman–Crippen LogP) is 5.77. The Morgan fingerprint density at radius 1 is 1.18 bits per heavy atom. The van der Waals surface area contributed by atoms with Gasteiger partial charge in [0.05, 0.1) is 29.7 Å². The maximum absolute atomic E-state index is 14.1. The number of benzene rings is 2. The van der Waals surface area contributed by atoms with Crippen LogP contribution < -0.4 is 4.74 Å². The van der Waals surface area contributed by atoms with E-state index < -0.39 is 11.8 Å². The number of pyridine rings is 1. The molecule has 2 aromatic carbocycles. The molecule has 0 aliphatic carbocycles. The summed E-state index contributed by atoms with van der Waals surface area (Å²) >= 11 is 5.85. The second-order valence-electron chi connectivity index (χ2n) is 10.2. The number of hydrogen-bond donors (Lipinski definition) is 1. The Hall–Kier alpha value is -3.53. The highest BCUT2D eigenvalue weighted by Crippen LogP contribution is 2.33. The number of rotatable bonds is 10. The molecule has 1 saturated heterocycles. The average Bonchev–Trinajstić information content (AvgIpc) is 3.27. The summed E-state index contributed by atoms with van der Waals surface area (Å²) in [6.45, 7) is 5.78. The molecule has 0 spiro atoms. The van der Waals surface area contributed by atoms with Crippen LogP contribution in [-0.2, 0) is 24.4 Å². The Labute approximate surface area is 237 Å². The lowest BCUT2D eigenvalue weighted by Crippen LogP contribution is -2.38. The van der Waals surface area contributed by atoms with E-state index in [1.807, 2.05) is 12.1 Å². The average molecular weight is 567 g/mol. The monoisotopic (exact) mass is 566 g/mol. The third-order valence-electron chi connectivity index (χ3n) is 7.46. The highest BCUT2D eigenvalue weighted by molar-refractivity contribution is 6.30. The lowest BCUT2D eigenvalue weighted by molar-refractivity contribution is 0.0697. The molecule has 4 aromatic rings. The predicted molar refractivity (Wildman–Crippen MR) is 150 cm³/mol. The Morgan fingerprint density at radius 3 is 2.77 bits per heavy atom. The highest BCUT2D eigenvalue weighted by atomic mass is 35.5. The summed E-state index contributed by atoms with van der Waals surface area (Å²) in [5.41, 5.74) is 3.21. The molecule has 0 saturated carbocycles. The molecule has 10 heteroatoms. The summed E-state index contributed by atoms with van der Waals surface area (Å²) in [5, 5.41) is 9.80. The number of carboxylic acid groups (broad SMARTS) is 1. The molecule has 8 nitrogen and oxygen atoms in total. The van der Waals surface area contributed by atoms with Crippen LogP contribution in [0.25, 0.3) is 11.0 Å². The first-order valence-electron chi connectivity index (χ1n) is 13.3. The van der Waals surface area contributed by atoms with Crippen LogP contribution in [0, 0.1) is 11.7 Å². The second-order valence-corrected chi connectivity index (χ2v) is 10.7. The van der Waals surface area contributed by atoms with Gasteiger partial charge >= 0.3 is 5.97 Å². The number of piperidine rings is 1. The zero-order valence-corrected chi connectivity index (χ0v) is 23.3. The van der Waals surface area contributed by atoms with Crippen LogP contribution in [0.1, 0.15) is 46.7 Å². The molecule has 2 atom stereocenters. The Morgan fingerprint density at radius 2 is 2.02 bits per heavy atom. The third kappa shape index (κ3) is 6.27. The van der Waals surface area contributed by atoms with Crippen molar-refractivity contribution in [3.05, 3.63) is 88.1 Å². The quantitative estimate of drug-likeness (QED) is 0.260. The van der Waals surface area contributed by atoms with Crippen molar-refractivity contribution in [2.75, 3.05) is 26.8 Å². The van der Waals surface area contributed by atoms with Crippen molar-refractivity contribution in [1.29, 1.82) is 0 Å². The van der Waals surface area contributed by atoms with Crippen molar-refractivity contribution in [2.24, 2.45) is 5.92 Å². The van der Waals surface area contributed by atoms with E-state index in [1.54, 1.807) is 43.5 Å². The van der Waals surface area contributed by atoms with Gasteiger partial charge in [-0.3, -0.25) is 4.90 Å². The number of aromatic carboxylic acids is 1. The van der Waals surface area contributed by atoms with Crippen molar-refractivity contribution in [3.63, 3.8) is 0 Å². The van der Waals surface area contributed by atoms with Crippen LogP contribution in [0.3, 0.4) is 0 Å². The minimum Gasteiger partial charge on any atom is -0.478 e. The molecule has 40 heavy (non-hydrogen) atoms. The fourth-order valence-corrected chi connectivity index (χ4v) is 5.54. The molecule has 1 aliphatic heterocycles. The van der Waals surface area contributed by atoms with Crippen LogP contribution in [-0.4, -0.2) is 57.3 Å². The molecule has 5 rings (SSSR count). The number of aromatic nitrogens is 3. The smallest absolute Gasteiger partial charge is 0.335 e. The molecule has 2 aromatic heterocycles. The topological polar surface area (TPSA) is 89.7 Å². The first-order chi connectivity index (χ1) is 19.3. The number of imidazole rings is 1. The fraction of sp³-hybridized carbons (Fsp3) is 0.367. The number of halogens is 2. The second kappa shape index (κ2) is 12.3. The lowest BCUT2D eigenvalue weighted by atomic mass is 9.84. The number of carbonyl (C=O) groups is 1. The molecule has 0 radical (unpaired) electrons. The van der Waals surface area contributed by atoms with Crippen LogP contribution >= 0.6 is 11.6 Å². The van der Waals surface area contributed by atoms with Gasteiger partial charge in [-0.15, -0.1) is 0 Å². The Balaban J connectivity index is 1.26. The van der Waals surface area contributed by atoms with E-state index in [-0.39, 0.29) is 18.1 Å². The number of methoxy groups -OCH3 is 1. The SMILES string of the molecule is COCCn1c(CN2CC[C@H](c3cccc(OCc4ccc(Cl)cc4F)n3)[C@@H](C)C2)nc2ccc(C(=O)O)cc21. The molecule has 1 fully saturated rings. The zero-order chi connectivity index (χ0) is 28.2. The van der Waals surface area contributed by atoms with Gasteiger partial charge in [-0.05, 0) is 55.3 Å². The summed E-state index contributed by atoms with van der Waals surface area (Å²) < 4.78 is 27.3. The van der Waals surface area contributed by atoms with E-state index in [0.29, 0.717) is 42.1 Å². The molecule has 1 N–H and O–H groups in total. The number of hydrogen-bond acceptors (Lipinski definition) is 6. The Bertz CT molecular complexity index is 1510. The van der Waals surface area contributed by atoms with Crippen molar-refractivity contribution in [2.45, 2.75) is 39.0 Å². The van der Waals surface area contributed by atoms with Gasteiger partial charge in [-0.25, -0.2) is 19.2 Å². The molecule has 3 heterocycles. The number of likely N-dealkylation sites (tertiary alicyclic amines) is 1. The summed E-state index contributed by atoms with van der Waals surface area (Å²) in [7, 11) is 1.65. The van der Waals surface area contributed by atoms with Gasteiger partial charge < -0.3 is 19.1 Å². The van der Waals surface area contributed by atoms with Crippen molar-refractivity contribution in [1.82, 2.24) is 19.4 Å². The zero-order valence-electron chi connectivity index (χ0n) is 22.5. The van der Waals surface area contributed by atoms with Gasteiger partial charge in [0, 0.05) is 48.5 Å². The minimum absolute atomic E-state index is 0.0749. The molecule has 210 valence electrons. The van der Waals surface area contributed by atoms with Gasteiger partial charge in [-0.1, -0.05) is 30.7 Å². The summed E-state index contributed by atoms with van der Waals surface area (Å²) in [6, 6.07) is 15.3. The lowest BCUT2D eigenvalue weighted by Gasteiger charge is -2.36. The van der Waals surface area contributed by atoms with Crippen molar-refractivity contribution in [3.8, 4) is 5.88 Å². The highest BCUT2D eigenvalue weighted by Gasteiger charge is 2.29. The number of nitrogens with zero attached hydrogens (tertiary/aromatic N) is 4. The van der Waals surface area contributed by atoms with E-state index >= 15 is 0 Å². The summed E-state index contributed by atoms with van der Waals surface area (Å²) in [5.74, 6) is 0.595. The molecule has 0 amide bonds. The largest absolute Gasteiger partial charge is 0.478 e. The molecular weight excluding hydrogens is 535 g/mol. The van der Waals surface area contributed by atoms with Gasteiger partial charge in [0.2, 0.25) is 5.88 Å². The van der Waals surface area contributed by atoms with Gasteiger partial charge in [-0.2, -0.15) is 0 Å². The van der Waals surface area contributed by atoms with Crippen LogP contribution in [0.2, 0.25) is 5.02 Å². The van der Waals surface area contributed by atoms with Gasteiger partial charge in [0.15, 0.2) is 0 Å². The fourth-order valence-electron chi connectivity index (χ4n) is 5.38. The molecule has 0 bridgehead atoms. The van der Waals surface area contributed by atoms with E-state index in [0.717, 1.165) is 42.1 Å². The van der Waals surface area contributed by atoms with Gasteiger partial charge in [0.25, 0.3) is 0 Å². The standard InChI is InChI=1S/C30H32ClFN4O4/c1-19-16-35(17-28-33-26-9-7-20(30(37)38)14-27(26)36(28)12-13-39-2)11-10-23(19)25-4-3-5-29(34-25)40-18-21-6-8-22(31)15-24(21)32/h3-9,14-15,19,23H,10-13,16-18H2,1-2H3,(H,37,38)/t19-,23-/m0/s1. The third-order valence-corrected chi connectivity index (χ3v) is 7.70. The number of fused-ring (bicyclic) bond motifs is 1. The first-order valence-corrected chi connectivity index (χ1v) is 13.7. The summed E-state index contributed by atoms with van der Waals surface area (Å²) in [4.78, 5) is 23.5. The van der Waals surface area contributed by atoms with Crippen molar-refractivity contribution >= 4 is 28.6 Å². The van der Waals surface area contributed by atoms with E-state index in [1.165, 1.54) is 6.07 Å². The maximum atomic E-state index is 14.1. The summed E-state index contributed by atoms with van der Waals surface area (Å²) in [6.07, 6.45) is 0.922. The molecular formula is C30H32ClFN4O4. The van der Waals surface area contributed by atoms with Crippen LogP contribution in [0.5, 0.6) is 5.88 Å². The van der Waals surface area contributed by atoms with E-state index in [4.69, 9.17) is 31.0 Å². The van der Waals surface area contributed by atoms with E-state index in [2.05, 4.69) is 16.4 Å². The maximum Gasteiger partial charge on any atom is 0.335 e.